The van der Waals surface area contributed by atoms with Crippen LogP contribution in [0.15, 0.2) is 48.5 Å². The highest BCUT2D eigenvalue weighted by Gasteiger charge is 2.13. The molecule has 0 radical (unpaired) electrons. The maximum absolute atomic E-state index is 10.2. The largest absolute Gasteiger partial charge is 0.490 e. The van der Waals surface area contributed by atoms with E-state index in [1.165, 1.54) is 0 Å². The van der Waals surface area contributed by atoms with Gasteiger partial charge in [-0.2, -0.15) is 0 Å². The van der Waals surface area contributed by atoms with Gasteiger partial charge in [0.1, 0.15) is 18.5 Å². The number of benzene rings is 2. The van der Waals surface area contributed by atoms with Gasteiger partial charge in [0, 0.05) is 16.6 Å². The van der Waals surface area contributed by atoms with Crippen molar-refractivity contribution >= 4 is 11.6 Å². The maximum Gasteiger partial charge on any atom is 0.124 e. The van der Waals surface area contributed by atoms with Gasteiger partial charge >= 0.3 is 0 Å². The highest BCUT2D eigenvalue weighted by molar-refractivity contribution is 6.30. The number of aliphatic hydroxyl groups excluding tert-OH is 1. The van der Waals surface area contributed by atoms with Crippen molar-refractivity contribution in [3.05, 3.63) is 64.7 Å². The van der Waals surface area contributed by atoms with E-state index in [9.17, 15) is 5.11 Å². The van der Waals surface area contributed by atoms with E-state index in [4.69, 9.17) is 16.3 Å². The lowest BCUT2D eigenvalue weighted by atomic mass is 10.1. The van der Waals surface area contributed by atoms with E-state index >= 15 is 0 Å². The van der Waals surface area contributed by atoms with E-state index in [1.807, 2.05) is 56.4 Å². The van der Waals surface area contributed by atoms with Gasteiger partial charge in [-0.1, -0.05) is 41.9 Å². The summed E-state index contributed by atoms with van der Waals surface area (Å²) in [6.07, 6.45) is -0.653. The Morgan fingerprint density at radius 3 is 2.57 bits per heavy atom. The van der Waals surface area contributed by atoms with Gasteiger partial charge < -0.3 is 15.2 Å². The summed E-state index contributed by atoms with van der Waals surface area (Å²) in [7, 11) is 1.88. The topological polar surface area (TPSA) is 41.5 Å². The zero-order valence-corrected chi connectivity index (χ0v) is 13.0. The van der Waals surface area contributed by atoms with Crippen LogP contribution in [-0.4, -0.2) is 18.8 Å². The third-order valence-corrected chi connectivity index (χ3v) is 3.69. The molecule has 0 spiro atoms. The molecule has 112 valence electrons. The number of rotatable bonds is 6. The van der Waals surface area contributed by atoms with Crippen LogP contribution < -0.4 is 10.1 Å². The molecule has 3 nitrogen and oxygen atoms in total. The van der Waals surface area contributed by atoms with Gasteiger partial charge in [0.05, 0.1) is 0 Å². The summed E-state index contributed by atoms with van der Waals surface area (Å²) in [5.74, 6) is 0.733. The fourth-order valence-corrected chi connectivity index (χ4v) is 2.27. The average Bonchev–Trinajstić information content (AvgIpc) is 2.53. The van der Waals surface area contributed by atoms with Crippen LogP contribution in [0.5, 0.6) is 5.75 Å². The molecular weight excluding hydrogens is 286 g/mol. The Labute approximate surface area is 130 Å². The first-order valence-corrected chi connectivity index (χ1v) is 7.32. The molecular formula is C17H20ClNO2. The highest BCUT2D eigenvalue weighted by Crippen LogP contribution is 2.29. The lowest BCUT2D eigenvalue weighted by Gasteiger charge is -2.18. The Kier molecular flexibility index (Phi) is 5.62. The van der Waals surface area contributed by atoms with Crippen LogP contribution in [0, 0.1) is 0 Å². The molecule has 2 rings (SSSR count). The standard InChI is InChI=1S/C17H20ClNO2/c1-12(19-2)15-10-14(18)8-9-17(15)21-11-16(20)13-6-4-3-5-7-13/h3-10,12,16,19-20H,11H2,1-2H3. The fraction of sp³-hybridized carbons (Fsp3) is 0.294. The molecule has 0 aromatic heterocycles. The molecule has 2 N–H and O–H groups in total. The molecule has 2 unspecified atom stereocenters. The minimum absolute atomic E-state index is 0.118. The van der Waals surface area contributed by atoms with Gasteiger partial charge in [-0.05, 0) is 37.7 Å². The molecule has 4 heteroatoms. The Morgan fingerprint density at radius 1 is 1.19 bits per heavy atom. The van der Waals surface area contributed by atoms with Crippen LogP contribution in [-0.2, 0) is 0 Å². The summed E-state index contributed by atoms with van der Waals surface area (Å²) < 4.78 is 5.78. The van der Waals surface area contributed by atoms with Crippen molar-refractivity contribution in [2.24, 2.45) is 0 Å². The lowest BCUT2D eigenvalue weighted by molar-refractivity contribution is 0.107. The molecule has 0 saturated heterocycles. The number of halogens is 1. The molecule has 0 heterocycles. The third-order valence-electron chi connectivity index (χ3n) is 3.45. The molecule has 0 saturated carbocycles. The Morgan fingerprint density at radius 2 is 1.90 bits per heavy atom. The SMILES string of the molecule is CNC(C)c1cc(Cl)ccc1OCC(O)c1ccccc1. The van der Waals surface area contributed by atoms with Crippen LogP contribution in [0.4, 0.5) is 0 Å². The second-order valence-corrected chi connectivity index (χ2v) is 5.37. The second-order valence-electron chi connectivity index (χ2n) is 4.93. The van der Waals surface area contributed by atoms with Crippen LogP contribution in [0.1, 0.15) is 30.2 Å². The fourth-order valence-electron chi connectivity index (χ4n) is 2.08. The normalized spacial score (nSPS) is 13.7. The predicted molar refractivity (Wildman–Crippen MR) is 85.8 cm³/mol. The zero-order valence-electron chi connectivity index (χ0n) is 12.2. The van der Waals surface area contributed by atoms with Gasteiger partial charge in [0.25, 0.3) is 0 Å². The molecule has 0 amide bonds. The second kappa shape index (κ2) is 7.46. The maximum atomic E-state index is 10.2. The number of aliphatic hydroxyl groups is 1. The number of ether oxygens (including phenoxy) is 1. The Balaban J connectivity index is 2.09. The van der Waals surface area contributed by atoms with Crippen molar-refractivity contribution in [1.29, 1.82) is 0 Å². The van der Waals surface area contributed by atoms with E-state index in [0.29, 0.717) is 5.02 Å². The quantitative estimate of drug-likeness (QED) is 0.854. The minimum Gasteiger partial charge on any atom is -0.490 e. The van der Waals surface area contributed by atoms with E-state index in [2.05, 4.69) is 5.32 Å². The number of hydrogen-bond donors (Lipinski definition) is 2. The van der Waals surface area contributed by atoms with E-state index < -0.39 is 6.10 Å². The lowest BCUT2D eigenvalue weighted by Crippen LogP contribution is -2.15. The molecule has 21 heavy (non-hydrogen) atoms. The first kappa shape index (κ1) is 15.8. The molecule has 2 atom stereocenters. The van der Waals surface area contributed by atoms with Crippen molar-refractivity contribution in [3.63, 3.8) is 0 Å². The third kappa shape index (κ3) is 4.21. The molecule has 2 aromatic rings. The summed E-state index contributed by atoms with van der Waals surface area (Å²) in [6, 6.07) is 15.1. The van der Waals surface area contributed by atoms with Gasteiger partial charge in [0.15, 0.2) is 0 Å². The van der Waals surface area contributed by atoms with Crippen LogP contribution in [0.25, 0.3) is 0 Å². The highest BCUT2D eigenvalue weighted by atomic mass is 35.5. The van der Waals surface area contributed by atoms with E-state index in [0.717, 1.165) is 16.9 Å². The Hall–Kier alpha value is -1.55. The Bertz CT molecular complexity index is 574. The summed E-state index contributed by atoms with van der Waals surface area (Å²) in [4.78, 5) is 0. The number of hydrogen-bond acceptors (Lipinski definition) is 3. The van der Waals surface area contributed by atoms with Gasteiger partial charge in [-0.3, -0.25) is 0 Å². The van der Waals surface area contributed by atoms with Crippen molar-refractivity contribution in [2.45, 2.75) is 19.1 Å². The average molecular weight is 306 g/mol. The van der Waals surface area contributed by atoms with Crippen molar-refractivity contribution < 1.29 is 9.84 Å². The molecule has 0 bridgehead atoms. The first-order chi connectivity index (χ1) is 10.1. The monoisotopic (exact) mass is 305 g/mol. The summed E-state index contributed by atoms with van der Waals surface area (Å²) in [5.41, 5.74) is 1.82. The predicted octanol–water partition coefficient (Wildman–Crippen LogP) is 3.73. The summed E-state index contributed by atoms with van der Waals surface area (Å²) in [5, 5.41) is 14.0. The van der Waals surface area contributed by atoms with E-state index in [-0.39, 0.29) is 12.6 Å². The van der Waals surface area contributed by atoms with Crippen LogP contribution in [0.2, 0.25) is 5.02 Å². The molecule has 0 aliphatic rings. The van der Waals surface area contributed by atoms with Gasteiger partial charge in [-0.15, -0.1) is 0 Å². The summed E-state index contributed by atoms with van der Waals surface area (Å²) in [6.45, 7) is 2.24. The van der Waals surface area contributed by atoms with Crippen molar-refractivity contribution in [3.8, 4) is 5.75 Å². The molecule has 2 aromatic carbocycles. The van der Waals surface area contributed by atoms with Crippen LogP contribution in [0.3, 0.4) is 0 Å². The minimum atomic E-state index is -0.653. The van der Waals surface area contributed by atoms with Crippen molar-refractivity contribution in [1.82, 2.24) is 5.32 Å². The first-order valence-electron chi connectivity index (χ1n) is 6.94. The number of nitrogens with one attached hydrogen (secondary N) is 1. The van der Waals surface area contributed by atoms with Crippen LogP contribution >= 0.6 is 11.6 Å². The molecule has 0 aliphatic heterocycles. The van der Waals surface area contributed by atoms with E-state index in [1.54, 1.807) is 6.07 Å². The summed E-state index contributed by atoms with van der Waals surface area (Å²) >= 11 is 6.04. The smallest absolute Gasteiger partial charge is 0.124 e. The molecule has 0 aliphatic carbocycles. The van der Waals surface area contributed by atoms with Gasteiger partial charge in [-0.25, -0.2) is 0 Å². The zero-order chi connectivity index (χ0) is 15.2. The van der Waals surface area contributed by atoms with Gasteiger partial charge in [0.2, 0.25) is 0 Å². The molecule has 0 fully saturated rings. The van der Waals surface area contributed by atoms with Crippen molar-refractivity contribution in [2.75, 3.05) is 13.7 Å².